The van der Waals surface area contributed by atoms with Gasteiger partial charge >= 0.3 is 0 Å². The van der Waals surface area contributed by atoms with Gasteiger partial charge in [0.1, 0.15) is 0 Å². The highest BCUT2D eigenvalue weighted by molar-refractivity contribution is 8.00. The van der Waals surface area contributed by atoms with Crippen molar-refractivity contribution in [3.8, 4) is 0 Å². The average molecular weight is 323 g/mol. The molecule has 3 rings (SSSR count). The predicted molar refractivity (Wildman–Crippen MR) is 100 cm³/mol. The van der Waals surface area contributed by atoms with Gasteiger partial charge in [0.15, 0.2) is 0 Å². The summed E-state index contributed by atoms with van der Waals surface area (Å²) in [5.74, 6) is 6.47. The van der Waals surface area contributed by atoms with E-state index in [4.69, 9.17) is 0 Å². The molecule has 0 aromatic rings. The second kappa shape index (κ2) is 7.49. The van der Waals surface area contributed by atoms with Crippen molar-refractivity contribution in [3.63, 3.8) is 0 Å². The zero-order valence-electron chi connectivity index (χ0n) is 15.3. The van der Waals surface area contributed by atoms with Crippen LogP contribution in [-0.2, 0) is 0 Å². The lowest BCUT2D eigenvalue weighted by atomic mass is 9.74. The van der Waals surface area contributed by atoms with Gasteiger partial charge in [-0.25, -0.2) is 0 Å². The van der Waals surface area contributed by atoms with Crippen LogP contribution in [0.5, 0.6) is 0 Å². The summed E-state index contributed by atoms with van der Waals surface area (Å²) in [5, 5.41) is 0. The summed E-state index contributed by atoms with van der Waals surface area (Å²) in [6.45, 7) is 7.65. The predicted octanol–water partition coefficient (Wildman–Crippen LogP) is 6.93. The number of hydrogen-bond acceptors (Lipinski definition) is 1. The van der Waals surface area contributed by atoms with Gasteiger partial charge in [-0.15, -0.1) is 0 Å². The van der Waals surface area contributed by atoms with Gasteiger partial charge in [0.05, 0.1) is 0 Å². The zero-order valence-corrected chi connectivity index (χ0v) is 16.1. The van der Waals surface area contributed by atoms with Gasteiger partial charge in [0.25, 0.3) is 0 Å². The van der Waals surface area contributed by atoms with E-state index in [2.05, 4.69) is 32.5 Å². The molecule has 3 fully saturated rings. The van der Waals surface area contributed by atoms with Crippen LogP contribution in [0.3, 0.4) is 0 Å². The molecule has 1 heterocycles. The third-order valence-electron chi connectivity index (χ3n) is 7.34. The summed E-state index contributed by atoms with van der Waals surface area (Å²) in [5.41, 5.74) is 0. The van der Waals surface area contributed by atoms with Gasteiger partial charge in [-0.3, -0.25) is 0 Å². The van der Waals surface area contributed by atoms with E-state index in [0.717, 1.165) is 29.6 Å². The SMILES string of the molecule is CC(C)C(CC1CCCC1)C1(C)CCCC2CCCC2CS1. The molecule has 1 aliphatic heterocycles. The highest BCUT2D eigenvalue weighted by Gasteiger charge is 2.41. The van der Waals surface area contributed by atoms with Crippen LogP contribution in [0.1, 0.15) is 91.4 Å². The summed E-state index contributed by atoms with van der Waals surface area (Å²) in [6, 6.07) is 0. The molecule has 0 spiro atoms. The topological polar surface area (TPSA) is 0 Å². The Morgan fingerprint density at radius 2 is 1.59 bits per heavy atom. The van der Waals surface area contributed by atoms with Crippen LogP contribution in [0.25, 0.3) is 0 Å². The fraction of sp³-hybridized carbons (Fsp3) is 1.00. The normalized spacial score (nSPS) is 38.7. The van der Waals surface area contributed by atoms with Gasteiger partial charge in [-0.2, -0.15) is 11.8 Å². The molecule has 0 aromatic carbocycles. The van der Waals surface area contributed by atoms with E-state index in [1.807, 2.05) is 0 Å². The first kappa shape index (κ1) is 17.2. The minimum Gasteiger partial charge on any atom is -0.155 e. The highest BCUT2D eigenvalue weighted by Crippen LogP contribution is 2.50. The van der Waals surface area contributed by atoms with Gasteiger partial charge in [0, 0.05) is 4.75 Å². The lowest BCUT2D eigenvalue weighted by Crippen LogP contribution is -2.38. The monoisotopic (exact) mass is 322 g/mol. The molecule has 0 radical (unpaired) electrons. The molecule has 0 nitrogen and oxygen atoms in total. The smallest absolute Gasteiger partial charge is 0.0162 e. The molecular weight excluding hydrogens is 284 g/mol. The van der Waals surface area contributed by atoms with Gasteiger partial charge in [-0.05, 0) is 54.6 Å². The summed E-state index contributed by atoms with van der Waals surface area (Å²) in [6.07, 6.45) is 16.7. The van der Waals surface area contributed by atoms with E-state index in [-0.39, 0.29) is 0 Å². The molecule has 1 heteroatoms. The van der Waals surface area contributed by atoms with Crippen molar-refractivity contribution in [1.82, 2.24) is 0 Å². The van der Waals surface area contributed by atoms with Crippen molar-refractivity contribution in [2.45, 2.75) is 96.1 Å². The first-order chi connectivity index (χ1) is 10.6. The molecule has 4 atom stereocenters. The molecule has 2 aliphatic carbocycles. The Morgan fingerprint density at radius 3 is 2.32 bits per heavy atom. The van der Waals surface area contributed by atoms with Crippen molar-refractivity contribution < 1.29 is 0 Å². The Labute approximate surface area is 143 Å². The van der Waals surface area contributed by atoms with Crippen molar-refractivity contribution in [3.05, 3.63) is 0 Å². The maximum Gasteiger partial charge on any atom is 0.0162 e. The molecular formula is C21H38S. The molecule has 128 valence electrons. The molecule has 1 saturated heterocycles. The summed E-state index contributed by atoms with van der Waals surface area (Å²) in [4.78, 5) is 0. The van der Waals surface area contributed by atoms with Crippen molar-refractivity contribution in [1.29, 1.82) is 0 Å². The number of fused-ring (bicyclic) bond motifs is 1. The fourth-order valence-electron chi connectivity index (χ4n) is 5.92. The first-order valence-electron chi connectivity index (χ1n) is 10.2. The summed E-state index contributed by atoms with van der Waals surface area (Å²) < 4.78 is 0.560. The minimum atomic E-state index is 0.560. The second-order valence-corrected chi connectivity index (χ2v) is 10.8. The maximum absolute atomic E-state index is 2.65. The Bertz CT molecular complexity index is 344. The van der Waals surface area contributed by atoms with E-state index in [1.54, 1.807) is 0 Å². The molecule has 3 aliphatic rings. The van der Waals surface area contributed by atoms with E-state index in [9.17, 15) is 0 Å². The first-order valence-corrected chi connectivity index (χ1v) is 11.2. The largest absolute Gasteiger partial charge is 0.155 e. The molecule has 0 bridgehead atoms. The number of hydrogen-bond donors (Lipinski definition) is 0. The Morgan fingerprint density at radius 1 is 0.909 bits per heavy atom. The lowest BCUT2D eigenvalue weighted by molar-refractivity contribution is 0.221. The molecule has 0 amide bonds. The second-order valence-electron chi connectivity index (χ2n) is 9.20. The van der Waals surface area contributed by atoms with E-state index in [0.29, 0.717) is 4.75 Å². The van der Waals surface area contributed by atoms with Gasteiger partial charge in [0.2, 0.25) is 0 Å². The van der Waals surface area contributed by atoms with Crippen LogP contribution in [-0.4, -0.2) is 10.5 Å². The third kappa shape index (κ3) is 3.87. The molecule has 22 heavy (non-hydrogen) atoms. The van der Waals surface area contributed by atoms with E-state index in [1.165, 1.54) is 76.4 Å². The van der Waals surface area contributed by atoms with Crippen LogP contribution in [0.2, 0.25) is 0 Å². The third-order valence-corrected chi connectivity index (χ3v) is 9.10. The van der Waals surface area contributed by atoms with Crippen LogP contribution in [0, 0.1) is 29.6 Å². The summed E-state index contributed by atoms with van der Waals surface area (Å²) in [7, 11) is 0. The Balaban J connectivity index is 1.67. The average Bonchev–Trinajstić information content (AvgIpc) is 3.11. The molecule has 2 saturated carbocycles. The molecule has 4 unspecified atom stereocenters. The van der Waals surface area contributed by atoms with Crippen molar-refractivity contribution in [2.24, 2.45) is 29.6 Å². The fourth-order valence-corrected chi connectivity index (χ4v) is 7.83. The van der Waals surface area contributed by atoms with Crippen LogP contribution in [0.4, 0.5) is 0 Å². The number of rotatable bonds is 4. The Kier molecular flexibility index (Phi) is 5.85. The molecule has 0 aromatic heterocycles. The summed E-state index contributed by atoms with van der Waals surface area (Å²) >= 11 is 2.40. The molecule has 0 N–H and O–H groups in total. The lowest BCUT2D eigenvalue weighted by Gasteiger charge is -2.43. The van der Waals surface area contributed by atoms with Crippen molar-refractivity contribution >= 4 is 11.8 Å². The quantitative estimate of drug-likeness (QED) is 0.540. The number of thioether (sulfide) groups is 1. The van der Waals surface area contributed by atoms with Crippen molar-refractivity contribution in [2.75, 3.05) is 5.75 Å². The van der Waals surface area contributed by atoms with Crippen LogP contribution >= 0.6 is 11.8 Å². The van der Waals surface area contributed by atoms with E-state index >= 15 is 0 Å². The highest BCUT2D eigenvalue weighted by atomic mass is 32.2. The standard InChI is InChI=1S/C21H38S/c1-16(2)20(14-17-8-4-5-9-17)21(3)13-7-12-18-10-6-11-19(18)15-22-21/h16-20H,4-15H2,1-3H3. The van der Waals surface area contributed by atoms with Gasteiger partial charge < -0.3 is 0 Å². The minimum absolute atomic E-state index is 0.560. The Hall–Kier alpha value is 0.350. The van der Waals surface area contributed by atoms with Crippen LogP contribution < -0.4 is 0 Å². The maximum atomic E-state index is 2.65. The van der Waals surface area contributed by atoms with E-state index < -0.39 is 0 Å². The van der Waals surface area contributed by atoms with Gasteiger partial charge in [-0.1, -0.05) is 72.1 Å². The van der Waals surface area contributed by atoms with Crippen LogP contribution in [0.15, 0.2) is 0 Å². The zero-order chi connectivity index (χ0) is 15.6.